The van der Waals surface area contributed by atoms with Crippen LogP contribution in [0, 0.1) is 0 Å². The second kappa shape index (κ2) is 3.17. The second-order valence-electron chi connectivity index (χ2n) is 3.68. The van der Waals surface area contributed by atoms with Gasteiger partial charge >= 0.3 is 0 Å². The topological polar surface area (TPSA) is 29.1 Å². The largest absolute Gasteiger partial charge is 0.324 e. The van der Waals surface area contributed by atoms with Crippen molar-refractivity contribution in [1.29, 1.82) is 0 Å². The van der Waals surface area contributed by atoms with E-state index in [1.165, 1.54) is 11.8 Å². The fourth-order valence-corrected chi connectivity index (χ4v) is 2.62. The van der Waals surface area contributed by atoms with Crippen LogP contribution >= 0.6 is 23.4 Å². The van der Waals surface area contributed by atoms with Crippen molar-refractivity contribution in [3.8, 4) is 0 Å². The highest BCUT2D eigenvalue weighted by Gasteiger charge is 2.35. The molecule has 0 radical (unpaired) electrons. The molecule has 1 aliphatic rings. The molecule has 1 aromatic carbocycles. The quantitative estimate of drug-likeness (QED) is 0.738. The predicted molar refractivity (Wildman–Crippen MR) is 60.0 cm³/mol. The van der Waals surface area contributed by atoms with Crippen molar-refractivity contribution in [3.05, 3.63) is 23.2 Å². The summed E-state index contributed by atoms with van der Waals surface area (Å²) in [4.78, 5) is 12.6. The van der Waals surface area contributed by atoms with Crippen LogP contribution in [0.2, 0.25) is 5.02 Å². The van der Waals surface area contributed by atoms with Crippen LogP contribution in [-0.2, 0) is 4.79 Å². The number of amides is 1. The maximum atomic E-state index is 11.6. The van der Waals surface area contributed by atoms with E-state index in [4.69, 9.17) is 11.6 Å². The fraction of sp³-hybridized carbons (Fsp3) is 0.300. The highest BCUT2D eigenvalue weighted by molar-refractivity contribution is 8.01. The first-order chi connectivity index (χ1) is 6.50. The normalized spacial score (nSPS) is 18.6. The van der Waals surface area contributed by atoms with Gasteiger partial charge in [0.15, 0.2) is 0 Å². The van der Waals surface area contributed by atoms with Gasteiger partial charge in [0, 0.05) is 0 Å². The van der Waals surface area contributed by atoms with Crippen molar-refractivity contribution in [1.82, 2.24) is 0 Å². The Kier molecular flexibility index (Phi) is 2.24. The molecule has 4 heteroatoms. The molecule has 0 spiro atoms. The number of thioether (sulfide) groups is 1. The molecule has 14 heavy (non-hydrogen) atoms. The Morgan fingerprint density at radius 1 is 1.43 bits per heavy atom. The number of carbonyl (C=O) groups excluding carboxylic acids is 1. The van der Waals surface area contributed by atoms with E-state index in [0.717, 1.165) is 10.6 Å². The first-order valence-corrected chi connectivity index (χ1v) is 5.49. The third-order valence-corrected chi connectivity index (χ3v) is 3.89. The smallest absolute Gasteiger partial charge is 0.240 e. The zero-order valence-electron chi connectivity index (χ0n) is 7.93. The Bertz CT molecular complexity index is 403. The summed E-state index contributed by atoms with van der Waals surface area (Å²) in [5.74, 6) is 0.0252. The van der Waals surface area contributed by atoms with Crippen molar-refractivity contribution >= 4 is 35.0 Å². The van der Waals surface area contributed by atoms with Crippen LogP contribution in [0.1, 0.15) is 13.8 Å². The summed E-state index contributed by atoms with van der Waals surface area (Å²) in [5, 5.41) is 3.54. The first-order valence-electron chi connectivity index (χ1n) is 4.30. The number of hydrogen-bond donors (Lipinski definition) is 1. The zero-order chi connectivity index (χ0) is 10.3. The van der Waals surface area contributed by atoms with E-state index >= 15 is 0 Å². The minimum atomic E-state index is -0.446. The molecule has 1 amide bonds. The Morgan fingerprint density at radius 3 is 2.86 bits per heavy atom. The molecule has 1 N–H and O–H groups in total. The number of anilines is 1. The molecule has 0 unspecified atom stereocenters. The van der Waals surface area contributed by atoms with E-state index in [2.05, 4.69) is 5.32 Å². The van der Waals surface area contributed by atoms with Gasteiger partial charge < -0.3 is 5.32 Å². The molecule has 2 nitrogen and oxygen atoms in total. The SMILES string of the molecule is CC1(C)Sc2c(Cl)cccc2NC1=O. The van der Waals surface area contributed by atoms with E-state index in [0.29, 0.717) is 5.02 Å². The van der Waals surface area contributed by atoms with Crippen LogP contribution in [0.15, 0.2) is 23.1 Å². The number of rotatable bonds is 0. The molecule has 0 aromatic heterocycles. The van der Waals surface area contributed by atoms with Gasteiger partial charge in [-0.3, -0.25) is 4.79 Å². The van der Waals surface area contributed by atoms with Crippen molar-refractivity contribution in [2.24, 2.45) is 0 Å². The van der Waals surface area contributed by atoms with Crippen LogP contribution < -0.4 is 5.32 Å². The van der Waals surface area contributed by atoms with Gasteiger partial charge in [-0.25, -0.2) is 0 Å². The predicted octanol–water partition coefficient (Wildman–Crippen LogP) is 3.16. The van der Waals surface area contributed by atoms with Crippen molar-refractivity contribution in [2.45, 2.75) is 23.5 Å². The number of hydrogen-bond acceptors (Lipinski definition) is 2. The number of carbonyl (C=O) groups is 1. The minimum Gasteiger partial charge on any atom is -0.324 e. The summed E-state index contributed by atoms with van der Waals surface area (Å²) in [6, 6.07) is 5.53. The molecule has 1 aliphatic heterocycles. The summed E-state index contributed by atoms with van der Waals surface area (Å²) in [6.07, 6.45) is 0. The molecule has 0 bridgehead atoms. The van der Waals surface area contributed by atoms with E-state index < -0.39 is 4.75 Å². The van der Waals surface area contributed by atoms with Gasteiger partial charge in [0.1, 0.15) is 0 Å². The van der Waals surface area contributed by atoms with Crippen LogP contribution in [0.3, 0.4) is 0 Å². The van der Waals surface area contributed by atoms with Gasteiger partial charge in [0.2, 0.25) is 5.91 Å². The Balaban J connectivity index is 2.51. The molecule has 1 aromatic rings. The van der Waals surface area contributed by atoms with Gasteiger partial charge in [-0.2, -0.15) is 0 Å². The number of nitrogens with one attached hydrogen (secondary N) is 1. The molecule has 0 saturated heterocycles. The first kappa shape index (κ1) is 9.87. The Hall–Kier alpha value is -0.670. The van der Waals surface area contributed by atoms with Gasteiger partial charge in [0.25, 0.3) is 0 Å². The number of benzene rings is 1. The lowest BCUT2D eigenvalue weighted by atomic mass is 10.1. The van der Waals surface area contributed by atoms with Crippen molar-refractivity contribution < 1.29 is 4.79 Å². The van der Waals surface area contributed by atoms with Crippen molar-refractivity contribution in [3.63, 3.8) is 0 Å². The Labute approximate surface area is 92.0 Å². The molecule has 0 aliphatic carbocycles. The van der Waals surface area contributed by atoms with E-state index in [9.17, 15) is 4.79 Å². The molecule has 2 rings (SSSR count). The molecule has 74 valence electrons. The molecule has 0 saturated carbocycles. The van der Waals surface area contributed by atoms with Crippen LogP contribution in [-0.4, -0.2) is 10.7 Å². The van der Waals surface area contributed by atoms with Crippen LogP contribution in [0.5, 0.6) is 0 Å². The molecule has 0 fully saturated rings. The highest BCUT2D eigenvalue weighted by atomic mass is 35.5. The van der Waals surface area contributed by atoms with E-state index in [1.807, 2.05) is 32.0 Å². The standard InChI is InChI=1S/C10H10ClNOS/c1-10(2)9(13)12-7-5-3-4-6(11)8(7)14-10/h3-5H,1-2H3,(H,12,13). The van der Waals surface area contributed by atoms with Crippen LogP contribution in [0.4, 0.5) is 5.69 Å². The van der Waals surface area contributed by atoms with Crippen LogP contribution in [0.25, 0.3) is 0 Å². The highest BCUT2D eigenvalue weighted by Crippen LogP contribution is 2.45. The van der Waals surface area contributed by atoms with E-state index in [1.54, 1.807) is 0 Å². The maximum absolute atomic E-state index is 11.6. The minimum absolute atomic E-state index is 0.0252. The summed E-state index contributed by atoms with van der Waals surface area (Å²) < 4.78 is -0.446. The second-order valence-corrected chi connectivity index (χ2v) is 5.72. The molecule has 1 heterocycles. The zero-order valence-corrected chi connectivity index (χ0v) is 9.50. The Morgan fingerprint density at radius 2 is 2.14 bits per heavy atom. The third-order valence-electron chi connectivity index (χ3n) is 2.12. The summed E-state index contributed by atoms with van der Waals surface area (Å²) >= 11 is 7.55. The van der Waals surface area contributed by atoms with Gasteiger partial charge in [-0.05, 0) is 26.0 Å². The molecular formula is C10H10ClNOS. The summed E-state index contributed by atoms with van der Waals surface area (Å²) in [7, 11) is 0. The van der Waals surface area contributed by atoms with Gasteiger partial charge in [-0.15, -0.1) is 11.8 Å². The fourth-order valence-electron chi connectivity index (χ4n) is 1.29. The summed E-state index contributed by atoms with van der Waals surface area (Å²) in [5.41, 5.74) is 0.812. The lowest BCUT2D eigenvalue weighted by Gasteiger charge is -2.30. The lowest BCUT2D eigenvalue weighted by Crippen LogP contribution is -2.37. The number of fused-ring (bicyclic) bond motifs is 1. The van der Waals surface area contributed by atoms with E-state index in [-0.39, 0.29) is 5.91 Å². The number of halogens is 1. The average Bonchev–Trinajstić information content (AvgIpc) is 2.09. The van der Waals surface area contributed by atoms with Gasteiger partial charge in [-0.1, -0.05) is 17.7 Å². The lowest BCUT2D eigenvalue weighted by molar-refractivity contribution is -0.117. The third kappa shape index (κ3) is 1.51. The van der Waals surface area contributed by atoms with Crippen molar-refractivity contribution in [2.75, 3.05) is 5.32 Å². The monoisotopic (exact) mass is 227 g/mol. The molecular weight excluding hydrogens is 218 g/mol. The summed E-state index contributed by atoms with van der Waals surface area (Å²) in [6.45, 7) is 3.78. The average molecular weight is 228 g/mol. The van der Waals surface area contributed by atoms with Gasteiger partial charge in [0.05, 0.1) is 20.4 Å². The molecule has 0 atom stereocenters. The maximum Gasteiger partial charge on any atom is 0.240 e.